The highest BCUT2D eigenvalue weighted by Gasteiger charge is 2.16. The van der Waals surface area contributed by atoms with Gasteiger partial charge in [-0.3, -0.25) is 5.32 Å². The number of ether oxygens (including phenoxy) is 2. The third kappa shape index (κ3) is 5.10. The molecule has 6 nitrogen and oxygen atoms in total. The lowest BCUT2D eigenvalue weighted by Gasteiger charge is -2.19. The molecule has 0 saturated carbocycles. The van der Waals surface area contributed by atoms with Crippen molar-refractivity contribution >= 4 is 11.8 Å². The summed E-state index contributed by atoms with van der Waals surface area (Å²) >= 11 is 0. The summed E-state index contributed by atoms with van der Waals surface area (Å²) in [5.41, 5.74) is 0.0967. The molecule has 1 aromatic heterocycles. The van der Waals surface area contributed by atoms with Crippen LogP contribution in [0.1, 0.15) is 20.8 Å². The molecule has 0 radical (unpaired) electrons. The van der Waals surface area contributed by atoms with E-state index in [0.29, 0.717) is 17.3 Å². The minimum atomic E-state index is -0.528. The van der Waals surface area contributed by atoms with Crippen molar-refractivity contribution < 1.29 is 14.3 Å². The summed E-state index contributed by atoms with van der Waals surface area (Å²) in [6.45, 7) is 5.43. The van der Waals surface area contributed by atoms with Gasteiger partial charge in [-0.1, -0.05) is 0 Å². The molecule has 0 aliphatic carbocycles. The molecule has 21 heavy (non-hydrogen) atoms. The number of anilines is 1. The van der Waals surface area contributed by atoms with E-state index < -0.39 is 11.7 Å². The average molecular weight is 287 g/mol. The highest BCUT2D eigenvalue weighted by Crippen LogP contribution is 2.21. The van der Waals surface area contributed by atoms with Crippen LogP contribution < -0.4 is 10.1 Å². The van der Waals surface area contributed by atoms with E-state index in [-0.39, 0.29) is 0 Å². The molecule has 2 aromatic rings. The van der Waals surface area contributed by atoms with Crippen molar-refractivity contribution in [1.29, 1.82) is 0 Å². The first kappa shape index (κ1) is 14.8. The highest BCUT2D eigenvalue weighted by atomic mass is 16.6. The Kier molecular flexibility index (Phi) is 4.37. The minimum absolute atomic E-state index is 0.456. The van der Waals surface area contributed by atoms with Crippen LogP contribution in [0.3, 0.4) is 0 Å². The molecule has 1 heterocycles. The number of benzene rings is 1. The first-order chi connectivity index (χ1) is 9.92. The van der Waals surface area contributed by atoms with Gasteiger partial charge in [-0.2, -0.15) is 0 Å². The number of rotatable bonds is 3. The number of amides is 1. The second-order valence-corrected chi connectivity index (χ2v) is 5.30. The summed E-state index contributed by atoms with van der Waals surface area (Å²) in [7, 11) is 0. The molecule has 0 bridgehead atoms. The normalized spacial score (nSPS) is 10.8. The molecule has 0 saturated heterocycles. The zero-order valence-electron chi connectivity index (χ0n) is 12.2. The monoisotopic (exact) mass is 287 g/mol. The number of hydrogen-bond acceptors (Lipinski definition) is 5. The van der Waals surface area contributed by atoms with E-state index in [2.05, 4.69) is 15.3 Å². The molecule has 0 unspecified atom stereocenters. The fraction of sp³-hybridized carbons (Fsp3) is 0.267. The molecular weight excluding hydrogens is 270 g/mol. The standard InChI is InChI=1S/C15H17N3O3/c1-15(2,3)21-14(19)18-11-4-6-12(7-5-11)20-13-8-9-16-10-17-13/h4-10H,1-3H3,(H,18,19). The van der Waals surface area contributed by atoms with Crippen LogP contribution in [-0.2, 0) is 4.74 Å². The molecule has 6 heteroatoms. The SMILES string of the molecule is CC(C)(C)OC(=O)Nc1ccc(Oc2ccncn2)cc1. The third-order valence-corrected chi connectivity index (χ3v) is 2.28. The van der Waals surface area contributed by atoms with Crippen LogP contribution in [0.2, 0.25) is 0 Å². The largest absolute Gasteiger partial charge is 0.444 e. The van der Waals surface area contributed by atoms with E-state index in [0.717, 1.165) is 0 Å². The maximum Gasteiger partial charge on any atom is 0.412 e. The molecule has 1 aromatic carbocycles. The van der Waals surface area contributed by atoms with Crippen molar-refractivity contribution in [3.8, 4) is 11.6 Å². The maximum atomic E-state index is 11.6. The number of aromatic nitrogens is 2. The van der Waals surface area contributed by atoms with Crippen LogP contribution in [-0.4, -0.2) is 21.7 Å². The molecule has 1 amide bonds. The number of carbonyl (C=O) groups is 1. The van der Waals surface area contributed by atoms with Gasteiger partial charge in [0.05, 0.1) is 0 Å². The fourth-order valence-corrected chi connectivity index (χ4v) is 1.49. The topological polar surface area (TPSA) is 73.3 Å². The van der Waals surface area contributed by atoms with Gasteiger partial charge < -0.3 is 9.47 Å². The molecule has 0 aliphatic rings. The Hall–Kier alpha value is -2.63. The fourth-order valence-electron chi connectivity index (χ4n) is 1.49. The van der Waals surface area contributed by atoms with Crippen molar-refractivity contribution in [3.63, 3.8) is 0 Å². The van der Waals surface area contributed by atoms with Gasteiger partial charge in [0.25, 0.3) is 0 Å². The number of hydrogen-bond donors (Lipinski definition) is 1. The first-order valence-electron chi connectivity index (χ1n) is 6.46. The van der Waals surface area contributed by atoms with Crippen molar-refractivity contribution in [3.05, 3.63) is 42.9 Å². The predicted octanol–water partition coefficient (Wildman–Crippen LogP) is 3.62. The molecule has 2 rings (SSSR count). The first-order valence-corrected chi connectivity index (χ1v) is 6.46. The van der Waals surface area contributed by atoms with E-state index in [1.807, 2.05) is 20.8 Å². The Labute approximate surface area is 123 Å². The quantitative estimate of drug-likeness (QED) is 0.933. The second-order valence-electron chi connectivity index (χ2n) is 5.30. The number of carbonyl (C=O) groups excluding carboxylic acids is 1. The summed E-state index contributed by atoms with van der Waals surface area (Å²) in [6.07, 6.45) is 2.51. The Morgan fingerprint density at radius 1 is 1.14 bits per heavy atom. The Morgan fingerprint density at radius 3 is 2.43 bits per heavy atom. The summed E-state index contributed by atoms with van der Waals surface area (Å²) in [5.74, 6) is 1.07. The van der Waals surface area contributed by atoms with E-state index in [1.54, 1.807) is 36.5 Å². The van der Waals surface area contributed by atoms with Crippen LogP contribution in [0.4, 0.5) is 10.5 Å². The van der Waals surface area contributed by atoms with E-state index >= 15 is 0 Å². The van der Waals surface area contributed by atoms with Gasteiger partial charge in [-0.25, -0.2) is 14.8 Å². The van der Waals surface area contributed by atoms with Gasteiger partial charge in [0, 0.05) is 18.0 Å². The smallest absolute Gasteiger partial charge is 0.412 e. The van der Waals surface area contributed by atoms with Gasteiger partial charge in [0.1, 0.15) is 17.7 Å². The maximum absolute atomic E-state index is 11.6. The van der Waals surface area contributed by atoms with E-state index in [4.69, 9.17) is 9.47 Å². The Morgan fingerprint density at radius 2 is 1.86 bits per heavy atom. The molecule has 1 N–H and O–H groups in total. The summed E-state index contributed by atoms with van der Waals surface area (Å²) in [4.78, 5) is 19.4. The third-order valence-electron chi connectivity index (χ3n) is 2.28. The van der Waals surface area contributed by atoms with Gasteiger partial charge in [-0.15, -0.1) is 0 Å². The number of nitrogens with one attached hydrogen (secondary N) is 1. The highest BCUT2D eigenvalue weighted by molar-refractivity contribution is 5.84. The lowest BCUT2D eigenvalue weighted by Crippen LogP contribution is -2.27. The summed E-state index contributed by atoms with van der Waals surface area (Å²) in [5, 5.41) is 2.65. The molecular formula is C15H17N3O3. The zero-order chi connectivity index (χ0) is 15.3. The van der Waals surface area contributed by atoms with E-state index in [9.17, 15) is 4.79 Å². The van der Waals surface area contributed by atoms with E-state index in [1.165, 1.54) is 6.33 Å². The minimum Gasteiger partial charge on any atom is -0.444 e. The Balaban J connectivity index is 1.95. The lowest BCUT2D eigenvalue weighted by molar-refractivity contribution is 0.0636. The summed E-state index contributed by atoms with van der Waals surface area (Å²) in [6, 6.07) is 8.57. The molecule has 0 fully saturated rings. The van der Waals surface area contributed by atoms with Crippen LogP contribution in [0, 0.1) is 0 Å². The van der Waals surface area contributed by atoms with Crippen molar-refractivity contribution in [2.45, 2.75) is 26.4 Å². The average Bonchev–Trinajstić information content (AvgIpc) is 2.40. The summed E-state index contributed by atoms with van der Waals surface area (Å²) < 4.78 is 10.7. The molecule has 0 aliphatic heterocycles. The zero-order valence-corrected chi connectivity index (χ0v) is 12.2. The number of nitrogens with zero attached hydrogens (tertiary/aromatic N) is 2. The van der Waals surface area contributed by atoms with Gasteiger partial charge in [0.15, 0.2) is 0 Å². The van der Waals surface area contributed by atoms with Gasteiger partial charge in [0.2, 0.25) is 5.88 Å². The molecule has 0 spiro atoms. The lowest BCUT2D eigenvalue weighted by atomic mass is 10.2. The molecule has 110 valence electrons. The van der Waals surface area contributed by atoms with Crippen LogP contribution >= 0.6 is 0 Å². The molecule has 0 atom stereocenters. The van der Waals surface area contributed by atoms with Crippen molar-refractivity contribution in [2.75, 3.05) is 5.32 Å². The van der Waals surface area contributed by atoms with Crippen molar-refractivity contribution in [1.82, 2.24) is 9.97 Å². The van der Waals surface area contributed by atoms with Crippen LogP contribution in [0.15, 0.2) is 42.9 Å². The van der Waals surface area contributed by atoms with Gasteiger partial charge in [-0.05, 0) is 45.0 Å². The second kappa shape index (κ2) is 6.21. The Bertz CT molecular complexity index is 592. The van der Waals surface area contributed by atoms with Crippen molar-refractivity contribution in [2.24, 2.45) is 0 Å². The van der Waals surface area contributed by atoms with Crippen LogP contribution in [0.25, 0.3) is 0 Å². The van der Waals surface area contributed by atoms with Gasteiger partial charge >= 0.3 is 6.09 Å². The van der Waals surface area contributed by atoms with Crippen LogP contribution in [0.5, 0.6) is 11.6 Å². The predicted molar refractivity (Wildman–Crippen MR) is 78.4 cm³/mol.